The van der Waals surface area contributed by atoms with Crippen LogP contribution in [-0.2, 0) is 5.41 Å². The highest BCUT2D eigenvalue weighted by Crippen LogP contribution is 2.37. The summed E-state index contributed by atoms with van der Waals surface area (Å²) in [6.07, 6.45) is 0. The van der Waals surface area contributed by atoms with Gasteiger partial charge in [-0.1, -0.05) is 32.9 Å². The van der Waals surface area contributed by atoms with Crippen molar-refractivity contribution in [2.45, 2.75) is 52.6 Å². The number of carboxylic acid groups (broad SMARTS) is 2. The fourth-order valence-electron chi connectivity index (χ4n) is 2.87. The van der Waals surface area contributed by atoms with Crippen molar-refractivity contribution in [3.8, 4) is 23.3 Å². The second-order valence-corrected chi connectivity index (χ2v) is 8.81. The first-order chi connectivity index (χ1) is 13.7. The molecule has 0 aliphatic carbocycles. The molecule has 0 unspecified atom stereocenters. The summed E-state index contributed by atoms with van der Waals surface area (Å²) < 4.78 is 11.4. The molecule has 0 aliphatic rings. The van der Waals surface area contributed by atoms with Crippen molar-refractivity contribution in [1.29, 1.82) is 5.26 Å². The van der Waals surface area contributed by atoms with E-state index >= 15 is 0 Å². The van der Waals surface area contributed by atoms with Gasteiger partial charge in [-0.2, -0.15) is 5.26 Å². The molecule has 0 spiro atoms. The Bertz CT molecular complexity index is 1040. The third-order valence-corrected chi connectivity index (χ3v) is 4.12. The lowest BCUT2D eigenvalue weighted by atomic mass is 9.84. The van der Waals surface area contributed by atoms with Crippen molar-refractivity contribution >= 4 is 11.9 Å². The zero-order valence-electron chi connectivity index (χ0n) is 17.9. The van der Waals surface area contributed by atoms with Crippen molar-refractivity contribution in [3.05, 3.63) is 52.6 Å². The second kappa shape index (κ2) is 8.07. The molecule has 2 rings (SSSR count). The molecule has 2 aromatic carbocycles. The summed E-state index contributed by atoms with van der Waals surface area (Å²) in [5, 5.41) is 28.9. The lowest BCUT2D eigenvalue weighted by molar-refractivity contribution is 0.0663. The standard InChI is InChI=1S/C23H25NO6/c1-22(2,3)16-8-7-9-17(15(16)12-24)29-18-10-14(21(27)28)19(30-23(4,5)6)11-13(18)20(25)26/h7-11H,1-6H3,(H,25,26)(H,27,28). The number of ether oxygens (including phenoxy) is 2. The Hall–Kier alpha value is -3.53. The Kier molecular flexibility index (Phi) is 6.12. The van der Waals surface area contributed by atoms with Gasteiger partial charge < -0.3 is 19.7 Å². The van der Waals surface area contributed by atoms with Gasteiger partial charge in [0.25, 0.3) is 0 Å². The molecule has 0 radical (unpaired) electrons. The van der Waals surface area contributed by atoms with Gasteiger partial charge in [-0.25, -0.2) is 9.59 Å². The third-order valence-electron chi connectivity index (χ3n) is 4.12. The number of benzene rings is 2. The highest BCUT2D eigenvalue weighted by atomic mass is 16.5. The van der Waals surface area contributed by atoms with E-state index < -0.39 is 17.5 Å². The second-order valence-electron chi connectivity index (χ2n) is 8.81. The van der Waals surface area contributed by atoms with Crippen molar-refractivity contribution in [2.24, 2.45) is 0 Å². The summed E-state index contributed by atoms with van der Waals surface area (Å²) in [6, 6.07) is 9.39. The van der Waals surface area contributed by atoms with Crippen LogP contribution in [0.25, 0.3) is 0 Å². The number of hydrogen-bond donors (Lipinski definition) is 2. The maximum Gasteiger partial charge on any atom is 0.339 e. The predicted octanol–water partition coefficient (Wildman–Crippen LogP) is 5.22. The van der Waals surface area contributed by atoms with Gasteiger partial charge in [-0.3, -0.25) is 0 Å². The van der Waals surface area contributed by atoms with Crippen LogP contribution >= 0.6 is 0 Å². The maximum atomic E-state index is 11.8. The average molecular weight is 411 g/mol. The van der Waals surface area contributed by atoms with E-state index in [-0.39, 0.29) is 39.4 Å². The average Bonchev–Trinajstić information content (AvgIpc) is 2.59. The van der Waals surface area contributed by atoms with Crippen LogP contribution in [0.2, 0.25) is 0 Å². The third kappa shape index (κ3) is 5.09. The predicted molar refractivity (Wildman–Crippen MR) is 111 cm³/mol. The molecular weight excluding hydrogens is 386 g/mol. The molecule has 0 fully saturated rings. The van der Waals surface area contributed by atoms with Gasteiger partial charge in [0.2, 0.25) is 0 Å². The van der Waals surface area contributed by atoms with Gasteiger partial charge in [-0.15, -0.1) is 0 Å². The molecule has 0 heterocycles. The fourth-order valence-corrected chi connectivity index (χ4v) is 2.87. The fraction of sp³-hybridized carbons (Fsp3) is 0.348. The molecule has 0 amide bonds. The molecule has 0 bridgehead atoms. The van der Waals surface area contributed by atoms with E-state index in [1.54, 1.807) is 39.0 Å². The van der Waals surface area contributed by atoms with E-state index in [1.165, 1.54) is 0 Å². The lowest BCUT2D eigenvalue weighted by Crippen LogP contribution is -2.24. The zero-order valence-corrected chi connectivity index (χ0v) is 17.9. The van der Waals surface area contributed by atoms with Gasteiger partial charge in [0.15, 0.2) is 0 Å². The number of hydrogen-bond acceptors (Lipinski definition) is 5. The largest absolute Gasteiger partial charge is 0.487 e. The summed E-state index contributed by atoms with van der Waals surface area (Å²) in [5.41, 5.74) is -0.618. The van der Waals surface area contributed by atoms with Gasteiger partial charge in [0.1, 0.15) is 40.0 Å². The van der Waals surface area contributed by atoms with Crippen LogP contribution in [0, 0.1) is 11.3 Å². The number of carbonyl (C=O) groups is 2. The normalized spacial score (nSPS) is 11.5. The first kappa shape index (κ1) is 22.8. The van der Waals surface area contributed by atoms with Crippen molar-refractivity contribution in [1.82, 2.24) is 0 Å². The molecule has 158 valence electrons. The number of aromatic carboxylic acids is 2. The van der Waals surface area contributed by atoms with Crippen LogP contribution in [0.3, 0.4) is 0 Å². The van der Waals surface area contributed by atoms with E-state index in [2.05, 4.69) is 6.07 Å². The summed E-state index contributed by atoms with van der Waals surface area (Å²) >= 11 is 0. The molecule has 30 heavy (non-hydrogen) atoms. The summed E-state index contributed by atoms with van der Waals surface area (Å²) in [6.45, 7) is 11.0. The van der Waals surface area contributed by atoms with Crippen LogP contribution in [0.1, 0.15) is 73.4 Å². The Morgan fingerprint density at radius 1 is 0.900 bits per heavy atom. The molecule has 7 heteroatoms. The van der Waals surface area contributed by atoms with E-state index in [0.29, 0.717) is 0 Å². The van der Waals surface area contributed by atoms with Crippen molar-refractivity contribution in [3.63, 3.8) is 0 Å². The minimum atomic E-state index is -1.31. The monoisotopic (exact) mass is 411 g/mol. The van der Waals surface area contributed by atoms with Crippen LogP contribution in [0.4, 0.5) is 0 Å². The number of carboxylic acids is 2. The van der Waals surface area contributed by atoms with E-state index in [9.17, 15) is 25.1 Å². The Labute approximate surface area is 175 Å². The molecule has 0 aliphatic heterocycles. The molecule has 7 nitrogen and oxygen atoms in total. The quantitative estimate of drug-likeness (QED) is 0.692. The highest BCUT2D eigenvalue weighted by molar-refractivity contribution is 5.97. The molecule has 0 atom stereocenters. The van der Waals surface area contributed by atoms with Crippen molar-refractivity contribution in [2.75, 3.05) is 0 Å². The van der Waals surface area contributed by atoms with Gasteiger partial charge >= 0.3 is 11.9 Å². The Balaban J connectivity index is 2.69. The number of rotatable bonds is 5. The van der Waals surface area contributed by atoms with Crippen LogP contribution in [-0.4, -0.2) is 27.8 Å². The maximum absolute atomic E-state index is 11.8. The molecule has 0 saturated carbocycles. The van der Waals surface area contributed by atoms with E-state index in [0.717, 1.165) is 17.7 Å². The van der Waals surface area contributed by atoms with Gasteiger partial charge in [0.05, 0.1) is 5.56 Å². The first-order valence-corrected chi connectivity index (χ1v) is 9.29. The summed E-state index contributed by atoms with van der Waals surface area (Å²) in [5.74, 6) is -2.73. The number of nitrogens with zero attached hydrogens (tertiary/aromatic N) is 1. The SMILES string of the molecule is CC(C)(C)Oc1cc(C(=O)O)c(Oc2cccc(C(C)(C)C)c2C#N)cc1C(=O)O. The first-order valence-electron chi connectivity index (χ1n) is 9.29. The Morgan fingerprint density at radius 2 is 1.43 bits per heavy atom. The smallest absolute Gasteiger partial charge is 0.339 e. The summed E-state index contributed by atoms with van der Waals surface area (Å²) in [7, 11) is 0. The topological polar surface area (TPSA) is 117 Å². The molecule has 2 N–H and O–H groups in total. The van der Waals surface area contributed by atoms with Crippen LogP contribution < -0.4 is 9.47 Å². The van der Waals surface area contributed by atoms with E-state index in [4.69, 9.17) is 9.47 Å². The summed E-state index contributed by atoms with van der Waals surface area (Å²) in [4.78, 5) is 23.6. The zero-order chi connectivity index (χ0) is 22.9. The molecule has 2 aromatic rings. The highest BCUT2D eigenvalue weighted by Gasteiger charge is 2.26. The van der Waals surface area contributed by atoms with E-state index in [1.807, 2.05) is 20.8 Å². The molecule has 0 aromatic heterocycles. The molecule has 0 saturated heterocycles. The van der Waals surface area contributed by atoms with Crippen LogP contribution in [0.5, 0.6) is 17.2 Å². The van der Waals surface area contributed by atoms with Gasteiger partial charge in [-0.05, 0) is 49.9 Å². The number of nitriles is 1. The van der Waals surface area contributed by atoms with Gasteiger partial charge in [0, 0.05) is 0 Å². The lowest BCUT2D eigenvalue weighted by Gasteiger charge is -2.24. The Morgan fingerprint density at radius 3 is 1.90 bits per heavy atom. The molecular formula is C23H25NO6. The minimum Gasteiger partial charge on any atom is -0.487 e. The van der Waals surface area contributed by atoms with Crippen LogP contribution in [0.15, 0.2) is 30.3 Å². The van der Waals surface area contributed by atoms with Crippen molar-refractivity contribution < 1.29 is 29.3 Å². The minimum absolute atomic E-state index is 0.0799.